The fourth-order valence-corrected chi connectivity index (χ4v) is 3.11. The van der Waals surface area contributed by atoms with Gasteiger partial charge in [-0.1, -0.05) is 6.07 Å². The van der Waals surface area contributed by atoms with Gasteiger partial charge in [-0.25, -0.2) is 0 Å². The van der Waals surface area contributed by atoms with Crippen molar-refractivity contribution in [3.05, 3.63) is 39.2 Å². The summed E-state index contributed by atoms with van der Waals surface area (Å²) in [6.45, 7) is 4.21. The summed E-state index contributed by atoms with van der Waals surface area (Å²) in [4.78, 5) is 1.27. The molecule has 3 heteroatoms. The van der Waals surface area contributed by atoms with E-state index in [0.29, 0.717) is 0 Å². The molecule has 15 heavy (non-hydrogen) atoms. The predicted octanol–water partition coefficient (Wildman–Crippen LogP) is 4.38. The number of nitrogen functional groups attached to an aromatic ring is 1. The van der Waals surface area contributed by atoms with E-state index in [-0.39, 0.29) is 0 Å². The summed E-state index contributed by atoms with van der Waals surface area (Å²) in [7, 11) is 0. The molecule has 78 valence electrons. The topological polar surface area (TPSA) is 26.0 Å². The minimum atomic E-state index is 0.817. The van der Waals surface area contributed by atoms with Crippen molar-refractivity contribution in [3.8, 4) is 10.4 Å². The Kier molecular flexibility index (Phi) is 2.85. The van der Waals surface area contributed by atoms with E-state index in [4.69, 9.17) is 5.73 Å². The first kappa shape index (κ1) is 10.7. The highest BCUT2D eigenvalue weighted by Gasteiger charge is 2.07. The Balaban J connectivity index is 2.58. The molecule has 1 nitrogen and oxygen atoms in total. The highest BCUT2D eigenvalue weighted by Crippen LogP contribution is 2.36. The lowest BCUT2D eigenvalue weighted by Crippen LogP contribution is -1.87. The minimum Gasteiger partial charge on any atom is -0.399 e. The average molecular weight is 282 g/mol. The summed E-state index contributed by atoms with van der Waals surface area (Å²) in [5.41, 5.74) is 10.4. The van der Waals surface area contributed by atoms with Crippen LogP contribution in [0.25, 0.3) is 10.4 Å². The van der Waals surface area contributed by atoms with Gasteiger partial charge in [0.1, 0.15) is 0 Å². The van der Waals surface area contributed by atoms with E-state index in [1.807, 2.05) is 12.1 Å². The van der Waals surface area contributed by atoms with Crippen LogP contribution in [-0.4, -0.2) is 0 Å². The second-order valence-electron chi connectivity index (χ2n) is 3.64. The Hall–Kier alpha value is -0.800. The molecular formula is C12H12BrNS. The van der Waals surface area contributed by atoms with Crippen molar-refractivity contribution in [2.45, 2.75) is 13.8 Å². The number of thiophene rings is 1. The zero-order valence-electron chi connectivity index (χ0n) is 8.67. The first-order valence-electron chi connectivity index (χ1n) is 4.70. The third kappa shape index (κ3) is 2.08. The van der Waals surface area contributed by atoms with E-state index in [1.165, 1.54) is 25.4 Å². The lowest BCUT2D eigenvalue weighted by Gasteiger charge is -2.03. The molecule has 0 aliphatic rings. The SMILES string of the molecule is Cc1ccc(N)cc1-c1cc(C)c(Br)s1. The van der Waals surface area contributed by atoms with Crippen LogP contribution in [0, 0.1) is 13.8 Å². The van der Waals surface area contributed by atoms with Gasteiger partial charge in [-0.3, -0.25) is 0 Å². The summed E-state index contributed by atoms with van der Waals surface area (Å²) in [6.07, 6.45) is 0. The number of halogens is 1. The van der Waals surface area contributed by atoms with Gasteiger partial charge in [-0.05, 0) is 64.7 Å². The first-order valence-corrected chi connectivity index (χ1v) is 6.31. The number of hydrogen-bond donors (Lipinski definition) is 1. The van der Waals surface area contributed by atoms with E-state index < -0.39 is 0 Å². The Morgan fingerprint density at radius 1 is 1.13 bits per heavy atom. The Bertz CT molecular complexity index is 483. The molecule has 1 aromatic heterocycles. The number of anilines is 1. The molecule has 0 unspecified atom stereocenters. The highest BCUT2D eigenvalue weighted by atomic mass is 79.9. The fourth-order valence-electron chi connectivity index (χ4n) is 1.50. The van der Waals surface area contributed by atoms with Gasteiger partial charge in [0.05, 0.1) is 3.79 Å². The Morgan fingerprint density at radius 2 is 1.87 bits per heavy atom. The molecule has 0 aliphatic carbocycles. The van der Waals surface area contributed by atoms with Gasteiger partial charge in [0, 0.05) is 10.6 Å². The van der Waals surface area contributed by atoms with Crippen LogP contribution >= 0.6 is 27.3 Å². The van der Waals surface area contributed by atoms with Crippen molar-refractivity contribution in [2.75, 3.05) is 5.73 Å². The summed E-state index contributed by atoms with van der Waals surface area (Å²) in [5, 5.41) is 0. The van der Waals surface area contributed by atoms with Crippen LogP contribution < -0.4 is 5.73 Å². The van der Waals surface area contributed by atoms with Gasteiger partial charge >= 0.3 is 0 Å². The van der Waals surface area contributed by atoms with E-state index in [0.717, 1.165) is 5.69 Å². The van der Waals surface area contributed by atoms with E-state index in [2.05, 4.69) is 41.9 Å². The lowest BCUT2D eigenvalue weighted by atomic mass is 10.1. The number of aryl methyl sites for hydroxylation is 2. The molecule has 0 saturated heterocycles. The van der Waals surface area contributed by atoms with Gasteiger partial charge in [-0.2, -0.15) is 0 Å². The third-order valence-electron chi connectivity index (χ3n) is 2.38. The van der Waals surface area contributed by atoms with Gasteiger partial charge in [0.25, 0.3) is 0 Å². The fraction of sp³-hybridized carbons (Fsp3) is 0.167. The van der Waals surface area contributed by atoms with Crippen molar-refractivity contribution in [1.29, 1.82) is 0 Å². The molecule has 0 atom stereocenters. The monoisotopic (exact) mass is 281 g/mol. The molecule has 0 aliphatic heterocycles. The van der Waals surface area contributed by atoms with Crippen LogP contribution in [0.3, 0.4) is 0 Å². The normalized spacial score (nSPS) is 10.6. The van der Waals surface area contributed by atoms with Gasteiger partial charge in [-0.15, -0.1) is 11.3 Å². The molecule has 0 radical (unpaired) electrons. The smallest absolute Gasteiger partial charge is 0.0734 e. The lowest BCUT2D eigenvalue weighted by molar-refractivity contribution is 1.47. The molecule has 1 aromatic carbocycles. The molecule has 2 rings (SSSR count). The number of nitrogens with two attached hydrogens (primary N) is 1. The highest BCUT2D eigenvalue weighted by molar-refractivity contribution is 9.11. The first-order chi connectivity index (χ1) is 7.08. The quantitative estimate of drug-likeness (QED) is 0.772. The van der Waals surface area contributed by atoms with Crippen molar-refractivity contribution in [1.82, 2.24) is 0 Å². The van der Waals surface area contributed by atoms with Crippen LogP contribution in [-0.2, 0) is 0 Å². The molecule has 0 amide bonds. The van der Waals surface area contributed by atoms with Gasteiger partial charge in [0.15, 0.2) is 0 Å². The standard InChI is InChI=1S/C12H12BrNS/c1-7-3-4-9(14)6-10(7)11-5-8(2)12(13)15-11/h3-6H,14H2,1-2H3. The van der Waals surface area contributed by atoms with Crippen LogP contribution in [0.2, 0.25) is 0 Å². The molecule has 1 heterocycles. The molecular weight excluding hydrogens is 270 g/mol. The summed E-state index contributed by atoms with van der Waals surface area (Å²) in [5.74, 6) is 0. The molecule has 0 bridgehead atoms. The second kappa shape index (κ2) is 3.99. The minimum absolute atomic E-state index is 0.817. The van der Waals surface area contributed by atoms with Crippen LogP contribution in [0.5, 0.6) is 0 Å². The Labute approximate surface area is 102 Å². The average Bonchev–Trinajstić information content (AvgIpc) is 2.51. The molecule has 0 fully saturated rings. The molecule has 0 spiro atoms. The summed E-state index contributed by atoms with van der Waals surface area (Å²) < 4.78 is 1.19. The largest absolute Gasteiger partial charge is 0.399 e. The predicted molar refractivity (Wildman–Crippen MR) is 71.3 cm³/mol. The maximum Gasteiger partial charge on any atom is 0.0734 e. The number of rotatable bonds is 1. The maximum atomic E-state index is 5.80. The zero-order valence-corrected chi connectivity index (χ0v) is 11.1. The second-order valence-corrected chi connectivity index (χ2v) is 6.01. The third-order valence-corrected chi connectivity index (χ3v) is 4.55. The van der Waals surface area contributed by atoms with Gasteiger partial charge in [0.2, 0.25) is 0 Å². The number of hydrogen-bond acceptors (Lipinski definition) is 2. The van der Waals surface area contributed by atoms with Crippen molar-refractivity contribution >= 4 is 33.0 Å². The summed E-state index contributed by atoms with van der Waals surface area (Å²) >= 11 is 5.30. The van der Waals surface area contributed by atoms with Crippen LogP contribution in [0.1, 0.15) is 11.1 Å². The Morgan fingerprint density at radius 3 is 2.47 bits per heavy atom. The summed E-state index contributed by atoms with van der Waals surface area (Å²) in [6, 6.07) is 8.23. The van der Waals surface area contributed by atoms with Crippen LogP contribution in [0.4, 0.5) is 5.69 Å². The van der Waals surface area contributed by atoms with Crippen molar-refractivity contribution in [2.24, 2.45) is 0 Å². The van der Waals surface area contributed by atoms with E-state index in [1.54, 1.807) is 11.3 Å². The molecule has 2 N–H and O–H groups in total. The number of benzene rings is 1. The zero-order chi connectivity index (χ0) is 11.0. The van der Waals surface area contributed by atoms with Crippen LogP contribution in [0.15, 0.2) is 28.1 Å². The molecule has 2 aromatic rings. The van der Waals surface area contributed by atoms with E-state index >= 15 is 0 Å². The van der Waals surface area contributed by atoms with E-state index in [9.17, 15) is 0 Å². The van der Waals surface area contributed by atoms with Gasteiger partial charge < -0.3 is 5.73 Å². The van der Waals surface area contributed by atoms with Crippen molar-refractivity contribution in [3.63, 3.8) is 0 Å². The maximum absolute atomic E-state index is 5.80. The van der Waals surface area contributed by atoms with Crippen molar-refractivity contribution < 1.29 is 0 Å². The molecule has 0 saturated carbocycles.